The number of benzene rings is 1. The maximum absolute atomic E-state index is 14.2. The van der Waals surface area contributed by atoms with E-state index >= 15 is 0 Å². The summed E-state index contributed by atoms with van der Waals surface area (Å²) in [4.78, 5) is 25.7. The van der Waals surface area contributed by atoms with Gasteiger partial charge in [-0.3, -0.25) is 19.5 Å². The van der Waals surface area contributed by atoms with E-state index in [2.05, 4.69) is 47.8 Å². The van der Waals surface area contributed by atoms with Crippen LogP contribution in [0.2, 0.25) is 0 Å². The number of carbonyl (C=O) groups excluding carboxylic acids is 1. The van der Waals surface area contributed by atoms with Crippen LogP contribution in [0.3, 0.4) is 0 Å². The van der Waals surface area contributed by atoms with Crippen molar-refractivity contribution in [2.45, 2.75) is 64.7 Å². The SMILES string of the molecule is CC(C)CC1COc2ncc(Cc3ccc(F)cc3)cc2N1C(=O)CN1C[C@@H](C)NC[C@@H]1CN1CCOC[C@H]1C. The molecule has 9 heteroatoms. The molecule has 4 atom stereocenters. The Morgan fingerprint density at radius 3 is 2.67 bits per heavy atom. The van der Waals surface area contributed by atoms with Crippen molar-refractivity contribution in [2.24, 2.45) is 5.92 Å². The zero-order chi connectivity index (χ0) is 28.2. The lowest BCUT2D eigenvalue weighted by Crippen LogP contribution is -2.62. The number of pyridine rings is 1. The van der Waals surface area contributed by atoms with E-state index in [1.165, 1.54) is 12.1 Å². The van der Waals surface area contributed by atoms with Crippen LogP contribution in [0, 0.1) is 11.7 Å². The number of amides is 1. The molecular weight excluding hydrogens is 509 g/mol. The number of halogens is 1. The van der Waals surface area contributed by atoms with Crippen molar-refractivity contribution in [3.63, 3.8) is 0 Å². The number of ether oxygens (including phenoxy) is 2. The lowest BCUT2D eigenvalue weighted by Gasteiger charge is -2.44. The summed E-state index contributed by atoms with van der Waals surface area (Å²) < 4.78 is 25.2. The minimum Gasteiger partial charge on any atom is -0.474 e. The minimum atomic E-state index is -0.252. The van der Waals surface area contributed by atoms with Crippen LogP contribution >= 0.6 is 0 Å². The molecule has 1 aromatic heterocycles. The molecule has 2 fully saturated rings. The minimum absolute atomic E-state index is 0.0547. The molecule has 0 radical (unpaired) electrons. The molecule has 40 heavy (non-hydrogen) atoms. The van der Waals surface area contributed by atoms with E-state index < -0.39 is 0 Å². The first kappa shape index (κ1) is 28.9. The molecule has 5 rings (SSSR count). The third-order valence-corrected chi connectivity index (χ3v) is 8.28. The number of rotatable bonds is 8. The predicted octanol–water partition coefficient (Wildman–Crippen LogP) is 3.33. The molecule has 0 spiro atoms. The maximum atomic E-state index is 14.2. The van der Waals surface area contributed by atoms with Gasteiger partial charge in [-0.15, -0.1) is 0 Å². The van der Waals surface area contributed by atoms with Gasteiger partial charge in [0.1, 0.15) is 18.1 Å². The van der Waals surface area contributed by atoms with Gasteiger partial charge in [0.15, 0.2) is 0 Å². The Bertz CT molecular complexity index is 1150. The van der Waals surface area contributed by atoms with Crippen LogP contribution in [0.4, 0.5) is 10.1 Å². The van der Waals surface area contributed by atoms with E-state index in [9.17, 15) is 9.18 Å². The second-order valence-electron chi connectivity index (χ2n) is 12.1. The molecule has 2 aromatic rings. The van der Waals surface area contributed by atoms with E-state index in [0.717, 1.165) is 62.6 Å². The highest BCUT2D eigenvalue weighted by atomic mass is 19.1. The average molecular weight is 554 g/mol. The van der Waals surface area contributed by atoms with Crippen LogP contribution in [-0.2, 0) is 16.0 Å². The van der Waals surface area contributed by atoms with Crippen LogP contribution < -0.4 is 15.0 Å². The standard InChI is InChI=1S/C31H44FN5O3/c1-21(2)11-27-20-40-31-29(13-25(14-34-31)12-24-5-7-26(32)8-6-24)37(27)30(38)18-36-16-22(3)33-15-28(36)17-35-9-10-39-19-23(35)4/h5-8,13-14,21-23,27-28,33H,9-12,15-20H2,1-4H3/t22-,23-,27?,28-/m1/s1. The van der Waals surface area contributed by atoms with Gasteiger partial charge >= 0.3 is 0 Å². The topological polar surface area (TPSA) is 70.2 Å². The van der Waals surface area contributed by atoms with Crippen LogP contribution in [0.1, 0.15) is 45.2 Å². The first-order chi connectivity index (χ1) is 19.3. The van der Waals surface area contributed by atoms with Gasteiger partial charge < -0.3 is 14.8 Å². The molecule has 218 valence electrons. The second kappa shape index (κ2) is 12.9. The molecule has 0 bridgehead atoms. The van der Waals surface area contributed by atoms with Gasteiger partial charge in [-0.05, 0) is 61.9 Å². The summed E-state index contributed by atoms with van der Waals surface area (Å²) in [6.45, 7) is 14.6. The Labute approximate surface area is 237 Å². The quantitative estimate of drug-likeness (QED) is 0.538. The fraction of sp³-hybridized carbons (Fsp3) is 0.613. The number of hydrogen-bond donors (Lipinski definition) is 1. The fourth-order valence-corrected chi connectivity index (χ4v) is 6.16. The lowest BCUT2D eigenvalue weighted by molar-refractivity contribution is -0.122. The van der Waals surface area contributed by atoms with Crippen LogP contribution in [-0.4, -0.2) is 97.4 Å². The molecule has 4 heterocycles. The summed E-state index contributed by atoms with van der Waals surface area (Å²) in [5.74, 6) is 0.752. The van der Waals surface area contributed by atoms with Gasteiger partial charge in [-0.1, -0.05) is 26.0 Å². The summed E-state index contributed by atoms with van der Waals surface area (Å²) in [5, 5.41) is 3.63. The van der Waals surface area contributed by atoms with Crippen LogP contribution in [0.15, 0.2) is 36.5 Å². The molecular formula is C31H44FN5O3. The zero-order valence-corrected chi connectivity index (χ0v) is 24.3. The second-order valence-corrected chi connectivity index (χ2v) is 12.1. The molecule has 8 nitrogen and oxygen atoms in total. The molecule has 0 saturated carbocycles. The van der Waals surface area contributed by atoms with E-state index in [4.69, 9.17) is 9.47 Å². The molecule has 3 aliphatic rings. The van der Waals surface area contributed by atoms with Crippen molar-refractivity contribution in [1.29, 1.82) is 0 Å². The number of anilines is 1. The van der Waals surface area contributed by atoms with Crippen molar-refractivity contribution >= 4 is 11.6 Å². The highest BCUT2D eigenvalue weighted by Gasteiger charge is 2.37. The van der Waals surface area contributed by atoms with E-state index in [1.807, 2.05) is 11.0 Å². The van der Waals surface area contributed by atoms with Gasteiger partial charge in [-0.2, -0.15) is 0 Å². The molecule has 1 amide bonds. The van der Waals surface area contributed by atoms with Crippen molar-refractivity contribution < 1.29 is 18.7 Å². The molecule has 0 aliphatic carbocycles. The number of morpholine rings is 1. The lowest BCUT2D eigenvalue weighted by atomic mass is 10.00. The van der Waals surface area contributed by atoms with Crippen molar-refractivity contribution in [1.82, 2.24) is 20.1 Å². The van der Waals surface area contributed by atoms with E-state index in [1.54, 1.807) is 18.3 Å². The van der Waals surface area contributed by atoms with Crippen LogP contribution in [0.25, 0.3) is 0 Å². The predicted molar refractivity (Wildman–Crippen MR) is 154 cm³/mol. The third kappa shape index (κ3) is 7.00. The van der Waals surface area contributed by atoms with Crippen LogP contribution in [0.5, 0.6) is 5.88 Å². The first-order valence-corrected chi connectivity index (χ1v) is 14.7. The van der Waals surface area contributed by atoms with E-state index in [-0.39, 0.29) is 23.8 Å². The Morgan fingerprint density at radius 2 is 1.93 bits per heavy atom. The van der Waals surface area contributed by atoms with Gasteiger partial charge in [0, 0.05) is 50.5 Å². The number of nitrogens with zero attached hydrogens (tertiary/aromatic N) is 4. The summed E-state index contributed by atoms with van der Waals surface area (Å²) in [6.07, 6.45) is 3.25. The van der Waals surface area contributed by atoms with Gasteiger partial charge in [0.25, 0.3) is 0 Å². The molecule has 1 N–H and O–H groups in total. The normalized spacial score (nSPS) is 26.0. The average Bonchev–Trinajstić information content (AvgIpc) is 2.92. The molecule has 1 aromatic carbocycles. The highest BCUT2D eigenvalue weighted by Crippen LogP contribution is 2.35. The maximum Gasteiger partial charge on any atom is 0.241 e. The number of aromatic nitrogens is 1. The van der Waals surface area contributed by atoms with Crippen molar-refractivity contribution in [3.8, 4) is 5.88 Å². The summed E-state index contributed by atoms with van der Waals surface area (Å²) in [6, 6.07) is 9.43. The summed E-state index contributed by atoms with van der Waals surface area (Å²) in [5.41, 5.74) is 2.70. The highest BCUT2D eigenvalue weighted by molar-refractivity contribution is 5.97. The Balaban J connectivity index is 1.38. The Kier molecular flexibility index (Phi) is 9.35. The number of piperazine rings is 1. The number of carbonyl (C=O) groups is 1. The number of nitrogens with one attached hydrogen (secondary N) is 1. The van der Waals surface area contributed by atoms with Gasteiger partial charge in [-0.25, -0.2) is 9.37 Å². The van der Waals surface area contributed by atoms with Gasteiger partial charge in [0.05, 0.1) is 25.8 Å². The van der Waals surface area contributed by atoms with Crippen molar-refractivity contribution in [3.05, 3.63) is 53.5 Å². The first-order valence-electron chi connectivity index (χ1n) is 14.7. The Hall–Kier alpha value is -2.59. The third-order valence-electron chi connectivity index (χ3n) is 8.28. The van der Waals surface area contributed by atoms with Gasteiger partial charge in [0.2, 0.25) is 11.8 Å². The number of fused-ring (bicyclic) bond motifs is 1. The molecule has 2 saturated heterocycles. The van der Waals surface area contributed by atoms with E-state index in [0.29, 0.717) is 43.5 Å². The summed E-state index contributed by atoms with van der Waals surface area (Å²) >= 11 is 0. The summed E-state index contributed by atoms with van der Waals surface area (Å²) in [7, 11) is 0. The van der Waals surface area contributed by atoms with Crippen molar-refractivity contribution in [2.75, 3.05) is 57.4 Å². The smallest absolute Gasteiger partial charge is 0.241 e. The largest absolute Gasteiger partial charge is 0.474 e. The molecule has 1 unspecified atom stereocenters. The number of hydrogen-bond acceptors (Lipinski definition) is 7. The Morgan fingerprint density at radius 1 is 1.12 bits per heavy atom. The molecule has 3 aliphatic heterocycles. The monoisotopic (exact) mass is 553 g/mol. The zero-order valence-electron chi connectivity index (χ0n) is 24.3. The fourth-order valence-electron chi connectivity index (χ4n) is 6.16.